The minimum absolute atomic E-state index is 0.201. The Balaban J connectivity index is 1.80. The number of carbonyl (C=O) groups is 2. The quantitative estimate of drug-likeness (QED) is 0.611. The topological polar surface area (TPSA) is 55.8 Å². The third kappa shape index (κ3) is 1.44. The van der Waals surface area contributed by atoms with E-state index in [-0.39, 0.29) is 17.9 Å². The van der Waals surface area contributed by atoms with Crippen molar-refractivity contribution in [3.8, 4) is 5.75 Å². The zero-order chi connectivity index (χ0) is 14.8. The number of fused-ring (bicyclic) bond motifs is 5. The van der Waals surface area contributed by atoms with E-state index in [0.29, 0.717) is 11.4 Å². The molecule has 3 heterocycles. The van der Waals surface area contributed by atoms with E-state index in [0.717, 1.165) is 0 Å². The minimum Gasteiger partial charge on any atom is -0.495 e. The van der Waals surface area contributed by atoms with Gasteiger partial charge in [0, 0.05) is 0 Å². The van der Waals surface area contributed by atoms with E-state index < -0.39 is 17.4 Å². The van der Waals surface area contributed by atoms with Crippen molar-refractivity contribution < 1.29 is 19.1 Å². The van der Waals surface area contributed by atoms with E-state index in [1.807, 2.05) is 25.1 Å². The fraction of sp³-hybridized carbons (Fsp3) is 0.375. The Morgan fingerprint density at radius 2 is 2.00 bits per heavy atom. The van der Waals surface area contributed by atoms with Gasteiger partial charge in [-0.15, -0.1) is 0 Å². The number of nitrogens with zero attached hydrogens (tertiary/aromatic N) is 1. The summed E-state index contributed by atoms with van der Waals surface area (Å²) in [4.78, 5) is 26.8. The molecule has 0 aromatic heterocycles. The van der Waals surface area contributed by atoms with Crippen molar-refractivity contribution >= 4 is 17.5 Å². The number of benzene rings is 1. The molecule has 21 heavy (non-hydrogen) atoms. The van der Waals surface area contributed by atoms with Gasteiger partial charge >= 0.3 is 0 Å². The Kier molecular flexibility index (Phi) is 2.37. The number of methoxy groups -OCH3 is 1. The van der Waals surface area contributed by atoms with Crippen LogP contribution in [0, 0.1) is 11.8 Å². The molecule has 0 saturated carbocycles. The first-order valence-corrected chi connectivity index (χ1v) is 6.95. The number of carbonyl (C=O) groups excluding carboxylic acids is 2. The highest BCUT2D eigenvalue weighted by atomic mass is 16.5. The molecule has 4 rings (SSSR count). The lowest BCUT2D eigenvalue weighted by molar-refractivity contribution is -0.126. The van der Waals surface area contributed by atoms with Gasteiger partial charge in [-0.3, -0.25) is 9.59 Å². The van der Waals surface area contributed by atoms with Crippen LogP contribution in [0.3, 0.4) is 0 Å². The van der Waals surface area contributed by atoms with Crippen molar-refractivity contribution in [2.45, 2.75) is 18.6 Å². The summed E-state index contributed by atoms with van der Waals surface area (Å²) in [5.74, 6) is -0.746. The highest BCUT2D eigenvalue weighted by Gasteiger charge is 2.66. The van der Waals surface area contributed by atoms with Crippen LogP contribution in [0.1, 0.15) is 6.92 Å². The van der Waals surface area contributed by atoms with Gasteiger partial charge in [0.25, 0.3) is 0 Å². The number of rotatable bonds is 2. The molecule has 2 saturated heterocycles. The van der Waals surface area contributed by atoms with Crippen LogP contribution in [-0.2, 0) is 14.3 Å². The predicted molar refractivity (Wildman–Crippen MR) is 74.9 cm³/mol. The summed E-state index contributed by atoms with van der Waals surface area (Å²) in [5.41, 5.74) is -0.161. The number of hydrogen-bond donors (Lipinski definition) is 0. The van der Waals surface area contributed by atoms with Gasteiger partial charge < -0.3 is 9.47 Å². The highest BCUT2D eigenvalue weighted by Crippen LogP contribution is 2.52. The summed E-state index contributed by atoms with van der Waals surface area (Å²) in [7, 11) is 1.53. The molecule has 0 spiro atoms. The Labute approximate surface area is 122 Å². The van der Waals surface area contributed by atoms with E-state index in [2.05, 4.69) is 0 Å². The molecule has 2 bridgehead atoms. The fourth-order valence-corrected chi connectivity index (χ4v) is 3.70. The van der Waals surface area contributed by atoms with Gasteiger partial charge in [0.2, 0.25) is 11.8 Å². The Hall–Kier alpha value is -2.14. The molecule has 0 aliphatic carbocycles. The second kappa shape index (κ2) is 3.95. The molecule has 3 aliphatic rings. The summed E-state index contributed by atoms with van der Waals surface area (Å²) in [6, 6.07) is 7.07. The Morgan fingerprint density at radius 1 is 1.24 bits per heavy atom. The summed E-state index contributed by atoms with van der Waals surface area (Å²) < 4.78 is 11.1. The van der Waals surface area contributed by atoms with Gasteiger partial charge in [0.05, 0.1) is 36.3 Å². The number of anilines is 1. The summed E-state index contributed by atoms with van der Waals surface area (Å²) in [6.07, 6.45) is 3.49. The van der Waals surface area contributed by atoms with Gasteiger partial charge in [-0.05, 0) is 19.1 Å². The number of amides is 2. The molecule has 5 nitrogen and oxygen atoms in total. The molecule has 4 atom stereocenters. The molecule has 108 valence electrons. The van der Waals surface area contributed by atoms with Crippen LogP contribution in [0.4, 0.5) is 5.69 Å². The maximum atomic E-state index is 12.8. The van der Waals surface area contributed by atoms with Crippen molar-refractivity contribution in [1.82, 2.24) is 0 Å². The average molecular weight is 285 g/mol. The molecule has 1 aromatic rings. The highest BCUT2D eigenvalue weighted by molar-refractivity contribution is 6.23. The van der Waals surface area contributed by atoms with Crippen molar-refractivity contribution in [2.75, 3.05) is 12.0 Å². The monoisotopic (exact) mass is 285 g/mol. The van der Waals surface area contributed by atoms with E-state index >= 15 is 0 Å². The summed E-state index contributed by atoms with van der Waals surface area (Å²) in [5, 5.41) is 0. The van der Waals surface area contributed by atoms with Crippen LogP contribution in [0.15, 0.2) is 36.4 Å². The van der Waals surface area contributed by atoms with Crippen LogP contribution in [0.2, 0.25) is 0 Å². The van der Waals surface area contributed by atoms with Crippen LogP contribution in [-0.4, -0.2) is 30.6 Å². The standard InChI is InChI=1S/C16H15NO4/c1-16-8-7-11(21-16)12-13(16)15(19)17(14(12)18)9-5-3-4-6-10(9)20-2/h3-8,11-13H,1-2H3/t11-,12-,13+,16-/m1/s1. The predicted octanol–water partition coefficient (Wildman–Crippen LogP) is 1.53. The first kappa shape index (κ1) is 12.6. The number of ether oxygens (including phenoxy) is 2. The smallest absolute Gasteiger partial charge is 0.241 e. The summed E-state index contributed by atoms with van der Waals surface area (Å²) >= 11 is 0. The maximum absolute atomic E-state index is 12.8. The number of hydrogen-bond acceptors (Lipinski definition) is 4. The SMILES string of the molecule is COc1ccccc1N1C(=O)[C@H]2[C@@H](C1=O)[C@@]1(C)C=C[C@H]2O1. The van der Waals surface area contributed by atoms with Crippen LogP contribution >= 0.6 is 0 Å². The van der Waals surface area contributed by atoms with Crippen LogP contribution in [0.5, 0.6) is 5.75 Å². The molecule has 0 N–H and O–H groups in total. The van der Waals surface area contributed by atoms with Gasteiger partial charge in [0.1, 0.15) is 5.75 Å². The lowest BCUT2D eigenvalue weighted by Crippen LogP contribution is -2.38. The molecular formula is C16H15NO4. The van der Waals surface area contributed by atoms with Gasteiger partial charge in [0.15, 0.2) is 0 Å². The minimum atomic E-state index is -0.668. The average Bonchev–Trinajstić information content (AvgIpc) is 3.08. The largest absolute Gasteiger partial charge is 0.495 e. The molecule has 2 amide bonds. The zero-order valence-electron chi connectivity index (χ0n) is 11.8. The lowest BCUT2D eigenvalue weighted by atomic mass is 9.78. The number of imide groups is 1. The summed E-state index contributed by atoms with van der Waals surface area (Å²) in [6.45, 7) is 1.87. The fourth-order valence-electron chi connectivity index (χ4n) is 3.70. The third-order valence-corrected chi connectivity index (χ3v) is 4.66. The van der Waals surface area contributed by atoms with Gasteiger partial charge in [-0.1, -0.05) is 24.3 Å². The van der Waals surface area contributed by atoms with Crippen LogP contribution < -0.4 is 9.64 Å². The van der Waals surface area contributed by atoms with Crippen molar-refractivity contribution in [3.63, 3.8) is 0 Å². The van der Waals surface area contributed by atoms with E-state index in [9.17, 15) is 9.59 Å². The molecule has 1 aromatic carbocycles. The van der Waals surface area contributed by atoms with Crippen molar-refractivity contribution in [3.05, 3.63) is 36.4 Å². The first-order valence-electron chi connectivity index (χ1n) is 6.95. The first-order chi connectivity index (χ1) is 10.1. The van der Waals surface area contributed by atoms with E-state index in [1.165, 1.54) is 12.0 Å². The lowest BCUT2D eigenvalue weighted by Gasteiger charge is -2.24. The molecule has 0 unspecified atom stereocenters. The molecule has 3 aliphatic heterocycles. The maximum Gasteiger partial charge on any atom is 0.241 e. The second-order valence-corrected chi connectivity index (χ2v) is 5.81. The number of para-hydroxylation sites is 2. The van der Waals surface area contributed by atoms with Gasteiger partial charge in [-0.25, -0.2) is 4.90 Å². The van der Waals surface area contributed by atoms with Crippen LogP contribution in [0.25, 0.3) is 0 Å². The molecule has 5 heteroatoms. The van der Waals surface area contributed by atoms with Gasteiger partial charge in [-0.2, -0.15) is 0 Å². The molecule has 0 radical (unpaired) electrons. The Morgan fingerprint density at radius 3 is 2.71 bits per heavy atom. The third-order valence-electron chi connectivity index (χ3n) is 4.66. The second-order valence-electron chi connectivity index (χ2n) is 5.81. The van der Waals surface area contributed by atoms with E-state index in [1.54, 1.807) is 18.2 Å². The van der Waals surface area contributed by atoms with Crippen molar-refractivity contribution in [2.24, 2.45) is 11.8 Å². The zero-order valence-corrected chi connectivity index (χ0v) is 11.8. The molecular weight excluding hydrogens is 270 g/mol. The van der Waals surface area contributed by atoms with Crippen molar-refractivity contribution in [1.29, 1.82) is 0 Å². The van der Waals surface area contributed by atoms with E-state index in [4.69, 9.17) is 9.47 Å². The molecule has 2 fully saturated rings. The normalized spacial score (nSPS) is 36.5. The Bertz CT molecular complexity index is 683.